The molecular formula is C52H35N3. The van der Waals surface area contributed by atoms with Gasteiger partial charge in [0.2, 0.25) is 0 Å². The second kappa shape index (κ2) is 13.9. The molecule has 10 rings (SSSR count). The molecule has 3 heteroatoms. The lowest BCUT2D eigenvalue weighted by Gasteiger charge is -2.14. The van der Waals surface area contributed by atoms with Crippen molar-refractivity contribution in [1.82, 2.24) is 14.5 Å². The minimum Gasteiger partial charge on any atom is -0.294 e. The Morgan fingerprint density at radius 1 is 0.273 bits per heavy atom. The van der Waals surface area contributed by atoms with Crippen molar-refractivity contribution in [1.29, 1.82) is 0 Å². The van der Waals surface area contributed by atoms with E-state index in [-0.39, 0.29) is 0 Å². The highest BCUT2D eigenvalue weighted by atomic mass is 15.1. The molecule has 0 spiro atoms. The Bertz CT molecular complexity index is 2880. The third-order valence-corrected chi connectivity index (χ3v) is 10.4. The van der Waals surface area contributed by atoms with Crippen LogP contribution in [0.1, 0.15) is 0 Å². The topological polar surface area (TPSA) is 30.7 Å². The molecule has 0 bridgehead atoms. The summed E-state index contributed by atoms with van der Waals surface area (Å²) in [6, 6.07) is 75.2. The highest BCUT2D eigenvalue weighted by molar-refractivity contribution is 6.10. The Labute approximate surface area is 320 Å². The molecule has 8 aromatic carbocycles. The molecule has 0 aliphatic rings. The highest BCUT2D eigenvalue weighted by Crippen LogP contribution is 2.38. The number of nitrogens with zero attached hydrogens (tertiary/aromatic N) is 3. The van der Waals surface area contributed by atoms with Crippen molar-refractivity contribution in [2.45, 2.75) is 0 Å². The average molecular weight is 702 g/mol. The van der Waals surface area contributed by atoms with Crippen molar-refractivity contribution in [2.24, 2.45) is 0 Å². The fourth-order valence-electron chi connectivity index (χ4n) is 7.66. The van der Waals surface area contributed by atoms with Gasteiger partial charge in [0, 0.05) is 28.0 Å². The summed E-state index contributed by atoms with van der Waals surface area (Å²) in [5, 5.41) is 2.36. The molecule has 0 unspecified atom stereocenters. The molecule has 3 nitrogen and oxygen atoms in total. The smallest absolute Gasteiger partial charge is 0.162 e. The van der Waals surface area contributed by atoms with Crippen molar-refractivity contribution in [3.63, 3.8) is 0 Å². The van der Waals surface area contributed by atoms with Crippen LogP contribution in [0.15, 0.2) is 212 Å². The van der Waals surface area contributed by atoms with Crippen LogP contribution in [0.3, 0.4) is 0 Å². The third kappa shape index (κ3) is 6.18. The Kier molecular flexibility index (Phi) is 8.16. The minimum absolute atomic E-state index is 0.682. The fraction of sp³-hybridized carbons (Fsp3) is 0. The van der Waals surface area contributed by atoms with Crippen molar-refractivity contribution < 1.29 is 0 Å². The van der Waals surface area contributed by atoms with Gasteiger partial charge in [0.15, 0.2) is 5.82 Å². The summed E-state index contributed by atoms with van der Waals surface area (Å²) in [6.45, 7) is 0. The summed E-state index contributed by atoms with van der Waals surface area (Å²) in [4.78, 5) is 10.5. The molecule has 10 aromatic rings. The van der Waals surface area contributed by atoms with Crippen LogP contribution in [0.2, 0.25) is 0 Å². The number of para-hydroxylation sites is 1. The molecule has 0 aliphatic carbocycles. The predicted molar refractivity (Wildman–Crippen MR) is 229 cm³/mol. The lowest BCUT2D eigenvalue weighted by molar-refractivity contribution is 1.05. The Balaban J connectivity index is 1.18. The molecule has 55 heavy (non-hydrogen) atoms. The largest absolute Gasteiger partial charge is 0.294 e. The van der Waals surface area contributed by atoms with Crippen molar-refractivity contribution in [3.8, 4) is 73.0 Å². The first-order valence-corrected chi connectivity index (χ1v) is 18.7. The van der Waals surface area contributed by atoms with Gasteiger partial charge in [-0.3, -0.25) is 4.57 Å². The van der Waals surface area contributed by atoms with E-state index in [1.807, 2.05) is 12.1 Å². The molecule has 0 N–H and O–H groups in total. The molecule has 0 atom stereocenters. The number of rotatable bonds is 7. The maximum atomic E-state index is 5.34. The number of fused-ring (bicyclic) bond motifs is 3. The highest BCUT2D eigenvalue weighted by Gasteiger charge is 2.18. The van der Waals surface area contributed by atoms with Crippen LogP contribution in [0, 0.1) is 0 Å². The van der Waals surface area contributed by atoms with E-state index < -0.39 is 0 Å². The van der Waals surface area contributed by atoms with Crippen LogP contribution in [0.4, 0.5) is 0 Å². The van der Waals surface area contributed by atoms with Gasteiger partial charge < -0.3 is 0 Å². The van der Waals surface area contributed by atoms with Crippen LogP contribution in [-0.4, -0.2) is 14.5 Å². The van der Waals surface area contributed by atoms with Crippen molar-refractivity contribution in [2.75, 3.05) is 0 Å². The van der Waals surface area contributed by atoms with Crippen LogP contribution >= 0.6 is 0 Å². The van der Waals surface area contributed by atoms with E-state index >= 15 is 0 Å². The van der Waals surface area contributed by atoms with Gasteiger partial charge in [-0.15, -0.1) is 0 Å². The zero-order valence-electron chi connectivity index (χ0n) is 30.0. The molecule has 0 saturated carbocycles. The molecule has 2 aromatic heterocycles. The standard InChI is InChI=1S/C52H35N3/c1-5-15-36(16-6-1)39-25-27-41(28-26-39)52-53-48(40-21-11-4-12-22-40)35-51(54-52)55-49-24-14-13-23-46(49)47-30-29-42(34-50(47)55)45-32-43(37-17-7-2-8-18-37)31-44(33-45)38-19-9-3-10-20-38/h1-35H. The summed E-state index contributed by atoms with van der Waals surface area (Å²) >= 11 is 0. The van der Waals surface area contributed by atoms with E-state index in [4.69, 9.17) is 9.97 Å². The molecule has 0 radical (unpaired) electrons. The second-order valence-corrected chi connectivity index (χ2v) is 13.9. The normalized spacial score (nSPS) is 11.3. The van der Waals surface area contributed by atoms with E-state index in [0.29, 0.717) is 5.82 Å². The molecule has 0 amide bonds. The van der Waals surface area contributed by atoms with E-state index in [2.05, 4.69) is 205 Å². The zero-order valence-corrected chi connectivity index (χ0v) is 30.0. The fourth-order valence-corrected chi connectivity index (χ4v) is 7.66. The first-order valence-electron chi connectivity index (χ1n) is 18.7. The lowest BCUT2D eigenvalue weighted by Crippen LogP contribution is -2.02. The Morgan fingerprint density at radius 2 is 0.709 bits per heavy atom. The molecule has 258 valence electrons. The number of hydrogen-bond acceptors (Lipinski definition) is 2. The first kappa shape index (κ1) is 32.3. The van der Waals surface area contributed by atoms with Crippen LogP contribution in [0.5, 0.6) is 0 Å². The van der Waals surface area contributed by atoms with Gasteiger partial charge in [-0.05, 0) is 74.8 Å². The van der Waals surface area contributed by atoms with Gasteiger partial charge in [-0.2, -0.15) is 0 Å². The molecule has 2 heterocycles. The Hall–Kier alpha value is -7.36. The van der Waals surface area contributed by atoms with E-state index in [1.54, 1.807) is 0 Å². The summed E-state index contributed by atoms with van der Waals surface area (Å²) in [7, 11) is 0. The molecule has 0 aliphatic heterocycles. The van der Waals surface area contributed by atoms with Gasteiger partial charge in [0.05, 0.1) is 16.7 Å². The SMILES string of the molecule is c1ccc(-c2ccc(-c3nc(-c4ccccc4)cc(-n4c5ccccc5c5ccc(-c6cc(-c7ccccc7)cc(-c7ccccc7)c6)cc54)n3)cc2)cc1. The van der Waals surface area contributed by atoms with E-state index in [1.165, 1.54) is 38.6 Å². The van der Waals surface area contributed by atoms with Crippen LogP contribution < -0.4 is 0 Å². The maximum Gasteiger partial charge on any atom is 0.162 e. The summed E-state index contributed by atoms with van der Waals surface area (Å²) in [6.07, 6.45) is 0. The molecule has 0 saturated heterocycles. The first-order chi connectivity index (χ1) is 27.2. The number of aromatic nitrogens is 3. The lowest BCUT2D eigenvalue weighted by atomic mass is 9.93. The van der Waals surface area contributed by atoms with Crippen molar-refractivity contribution in [3.05, 3.63) is 212 Å². The van der Waals surface area contributed by atoms with Gasteiger partial charge in [-0.25, -0.2) is 9.97 Å². The van der Waals surface area contributed by atoms with Crippen LogP contribution in [-0.2, 0) is 0 Å². The van der Waals surface area contributed by atoms with E-state index in [0.717, 1.165) is 50.4 Å². The van der Waals surface area contributed by atoms with Gasteiger partial charge >= 0.3 is 0 Å². The van der Waals surface area contributed by atoms with Crippen molar-refractivity contribution >= 4 is 21.8 Å². The Morgan fingerprint density at radius 3 is 1.31 bits per heavy atom. The van der Waals surface area contributed by atoms with Gasteiger partial charge in [0.1, 0.15) is 5.82 Å². The van der Waals surface area contributed by atoms with Gasteiger partial charge in [-0.1, -0.05) is 176 Å². The van der Waals surface area contributed by atoms with Crippen LogP contribution in [0.25, 0.3) is 94.8 Å². The number of hydrogen-bond donors (Lipinski definition) is 0. The maximum absolute atomic E-state index is 5.34. The van der Waals surface area contributed by atoms with E-state index in [9.17, 15) is 0 Å². The van der Waals surface area contributed by atoms with Gasteiger partial charge in [0.25, 0.3) is 0 Å². The average Bonchev–Trinajstić information content (AvgIpc) is 3.61. The molecule has 0 fully saturated rings. The predicted octanol–water partition coefficient (Wildman–Crippen LogP) is 13.6. The summed E-state index contributed by atoms with van der Waals surface area (Å²) < 4.78 is 2.31. The zero-order chi connectivity index (χ0) is 36.6. The second-order valence-electron chi connectivity index (χ2n) is 13.9. The summed E-state index contributed by atoms with van der Waals surface area (Å²) in [5.74, 6) is 1.50. The monoisotopic (exact) mass is 701 g/mol. The molecular weight excluding hydrogens is 667 g/mol. The summed E-state index contributed by atoms with van der Waals surface area (Å²) in [5.41, 5.74) is 14.5. The third-order valence-electron chi connectivity index (χ3n) is 10.4. The minimum atomic E-state index is 0.682. The number of benzene rings is 8. The quantitative estimate of drug-likeness (QED) is 0.166.